The van der Waals surface area contributed by atoms with Crippen LogP contribution in [0.2, 0.25) is 0 Å². The summed E-state index contributed by atoms with van der Waals surface area (Å²) in [7, 11) is 0. The number of hydrogen-bond donors (Lipinski definition) is 1. The molecule has 0 aliphatic heterocycles. The van der Waals surface area contributed by atoms with Gasteiger partial charge in [0.05, 0.1) is 6.10 Å². The summed E-state index contributed by atoms with van der Waals surface area (Å²) < 4.78 is 0. The Hall–Kier alpha value is -0.0800. The van der Waals surface area contributed by atoms with E-state index in [1.54, 1.807) is 0 Å². The summed E-state index contributed by atoms with van der Waals surface area (Å²) in [6.45, 7) is 5.79. The molecule has 16 heavy (non-hydrogen) atoms. The van der Waals surface area contributed by atoms with Crippen molar-refractivity contribution >= 4 is 0 Å². The van der Waals surface area contributed by atoms with Crippen LogP contribution in [-0.4, -0.2) is 34.7 Å². The van der Waals surface area contributed by atoms with Crippen molar-refractivity contribution in [3.05, 3.63) is 0 Å². The van der Waals surface area contributed by atoms with E-state index in [1.807, 2.05) is 0 Å². The molecule has 1 N–H and O–H groups in total. The van der Waals surface area contributed by atoms with Crippen LogP contribution >= 0.6 is 0 Å². The molecule has 2 rings (SSSR count). The molecule has 2 saturated carbocycles. The molecular weight excluding hydrogens is 198 g/mol. The fraction of sp³-hybridized carbons (Fsp3) is 1.00. The summed E-state index contributed by atoms with van der Waals surface area (Å²) in [5.41, 5.74) is 0. The van der Waals surface area contributed by atoms with Gasteiger partial charge in [0, 0.05) is 12.1 Å². The molecule has 0 aromatic rings. The van der Waals surface area contributed by atoms with Crippen LogP contribution in [0.4, 0.5) is 0 Å². The highest BCUT2D eigenvalue weighted by atomic mass is 16.3. The van der Waals surface area contributed by atoms with E-state index in [1.165, 1.54) is 45.1 Å². The van der Waals surface area contributed by atoms with E-state index in [9.17, 15) is 5.11 Å². The number of aliphatic hydroxyl groups excluding tert-OH is 1. The first kappa shape index (κ1) is 12.4. The average Bonchev–Trinajstić information content (AvgIpc) is 3.04. The maximum absolute atomic E-state index is 10.1. The molecule has 0 bridgehead atoms. The molecule has 0 aromatic carbocycles. The molecule has 2 aliphatic carbocycles. The second kappa shape index (κ2) is 5.50. The number of rotatable bonds is 5. The predicted octanol–water partition coefficient (Wildman–Crippen LogP) is 2.80. The first-order valence-corrected chi connectivity index (χ1v) is 7.12. The summed E-state index contributed by atoms with van der Waals surface area (Å²) in [5.74, 6) is 0.780. The fourth-order valence-corrected chi connectivity index (χ4v) is 2.91. The third kappa shape index (κ3) is 3.21. The standard InChI is InChI=1S/C14H27NO/c1-11(2)9-10-15(12-7-8-12)13-5-3-4-6-14(13)16/h11-14,16H,3-10H2,1-2H3/t13-,14-/m0/s1. The molecule has 0 heterocycles. The molecule has 2 fully saturated rings. The second-order valence-electron chi connectivity index (χ2n) is 6.07. The monoisotopic (exact) mass is 225 g/mol. The molecular formula is C14H27NO. The van der Waals surface area contributed by atoms with Crippen LogP contribution in [0.25, 0.3) is 0 Å². The van der Waals surface area contributed by atoms with Gasteiger partial charge in [0.25, 0.3) is 0 Å². The van der Waals surface area contributed by atoms with Crippen molar-refractivity contribution in [2.24, 2.45) is 5.92 Å². The summed E-state index contributed by atoms with van der Waals surface area (Å²) in [5, 5.41) is 10.1. The van der Waals surface area contributed by atoms with Gasteiger partial charge in [-0.25, -0.2) is 0 Å². The van der Waals surface area contributed by atoms with Crippen LogP contribution < -0.4 is 0 Å². The normalized spacial score (nSPS) is 31.3. The Morgan fingerprint density at radius 3 is 2.38 bits per heavy atom. The van der Waals surface area contributed by atoms with Gasteiger partial charge in [-0.05, 0) is 44.6 Å². The lowest BCUT2D eigenvalue weighted by molar-refractivity contribution is 0.0134. The third-order valence-corrected chi connectivity index (χ3v) is 4.10. The van der Waals surface area contributed by atoms with Crippen LogP contribution in [0.5, 0.6) is 0 Å². The van der Waals surface area contributed by atoms with E-state index < -0.39 is 0 Å². The zero-order valence-electron chi connectivity index (χ0n) is 10.9. The highest BCUT2D eigenvalue weighted by Gasteiger charge is 2.37. The molecule has 0 amide bonds. The summed E-state index contributed by atoms with van der Waals surface area (Å²) in [4.78, 5) is 2.63. The van der Waals surface area contributed by atoms with Gasteiger partial charge in [0.2, 0.25) is 0 Å². The lowest BCUT2D eigenvalue weighted by atomic mass is 9.91. The molecule has 0 radical (unpaired) electrons. The molecule has 2 aliphatic rings. The maximum atomic E-state index is 10.1. The van der Waals surface area contributed by atoms with E-state index in [0.717, 1.165) is 18.4 Å². The molecule has 0 unspecified atom stereocenters. The van der Waals surface area contributed by atoms with E-state index in [-0.39, 0.29) is 6.10 Å². The smallest absolute Gasteiger partial charge is 0.0695 e. The lowest BCUT2D eigenvalue weighted by Gasteiger charge is -2.38. The minimum absolute atomic E-state index is 0.0542. The Morgan fingerprint density at radius 2 is 1.81 bits per heavy atom. The van der Waals surface area contributed by atoms with Gasteiger partial charge in [-0.2, -0.15) is 0 Å². The molecule has 2 atom stereocenters. The highest BCUT2D eigenvalue weighted by molar-refractivity contribution is 4.92. The van der Waals surface area contributed by atoms with Crippen molar-refractivity contribution in [1.29, 1.82) is 0 Å². The largest absolute Gasteiger partial charge is 0.391 e. The van der Waals surface area contributed by atoms with E-state index in [4.69, 9.17) is 0 Å². The Labute approximate surface area is 100 Å². The van der Waals surface area contributed by atoms with Crippen molar-refractivity contribution in [1.82, 2.24) is 4.90 Å². The summed E-state index contributed by atoms with van der Waals surface area (Å²) >= 11 is 0. The van der Waals surface area contributed by atoms with Gasteiger partial charge in [-0.1, -0.05) is 26.7 Å². The third-order valence-electron chi connectivity index (χ3n) is 4.10. The zero-order valence-corrected chi connectivity index (χ0v) is 10.9. The van der Waals surface area contributed by atoms with E-state index in [2.05, 4.69) is 18.7 Å². The Bertz CT molecular complexity index is 213. The molecule has 0 spiro atoms. The van der Waals surface area contributed by atoms with Gasteiger partial charge >= 0.3 is 0 Å². The molecule has 94 valence electrons. The quantitative estimate of drug-likeness (QED) is 0.777. The second-order valence-corrected chi connectivity index (χ2v) is 6.07. The fourth-order valence-electron chi connectivity index (χ4n) is 2.91. The van der Waals surface area contributed by atoms with Crippen LogP contribution in [0.1, 0.15) is 58.8 Å². The first-order chi connectivity index (χ1) is 7.68. The minimum atomic E-state index is -0.0542. The van der Waals surface area contributed by atoms with Gasteiger partial charge in [-0.3, -0.25) is 4.90 Å². The van der Waals surface area contributed by atoms with Crippen molar-refractivity contribution in [3.63, 3.8) is 0 Å². The molecule has 0 saturated heterocycles. The van der Waals surface area contributed by atoms with E-state index >= 15 is 0 Å². The van der Waals surface area contributed by atoms with Gasteiger partial charge < -0.3 is 5.11 Å². The van der Waals surface area contributed by atoms with Crippen molar-refractivity contribution < 1.29 is 5.11 Å². The van der Waals surface area contributed by atoms with Crippen molar-refractivity contribution in [2.45, 2.75) is 77.0 Å². The van der Waals surface area contributed by atoms with E-state index in [0.29, 0.717) is 6.04 Å². The zero-order chi connectivity index (χ0) is 11.5. The Balaban J connectivity index is 1.89. The summed E-state index contributed by atoms with van der Waals surface area (Å²) in [6.07, 6.45) is 8.72. The van der Waals surface area contributed by atoms with Gasteiger partial charge in [0.15, 0.2) is 0 Å². The molecule has 2 heteroatoms. The maximum Gasteiger partial charge on any atom is 0.0695 e. The van der Waals surface area contributed by atoms with Gasteiger partial charge in [-0.15, -0.1) is 0 Å². The Morgan fingerprint density at radius 1 is 1.12 bits per heavy atom. The lowest BCUT2D eigenvalue weighted by Crippen LogP contribution is -2.47. The number of aliphatic hydroxyl groups is 1. The molecule has 2 nitrogen and oxygen atoms in total. The summed E-state index contributed by atoms with van der Waals surface area (Å²) in [6, 6.07) is 1.27. The van der Waals surface area contributed by atoms with Crippen LogP contribution in [0, 0.1) is 5.92 Å². The number of hydrogen-bond acceptors (Lipinski definition) is 2. The predicted molar refractivity (Wildman–Crippen MR) is 67.4 cm³/mol. The van der Waals surface area contributed by atoms with Crippen molar-refractivity contribution in [3.8, 4) is 0 Å². The van der Waals surface area contributed by atoms with Gasteiger partial charge in [0.1, 0.15) is 0 Å². The minimum Gasteiger partial charge on any atom is -0.391 e. The molecule has 0 aromatic heterocycles. The SMILES string of the molecule is CC(C)CCN(C1CC1)[C@H]1CCCC[C@@H]1O. The van der Waals surface area contributed by atoms with Crippen LogP contribution in [0.3, 0.4) is 0 Å². The highest BCUT2D eigenvalue weighted by Crippen LogP contribution is 2.34. The van der Waals surface area contributed by atoms with Crippen LogP contribution in [0.15, 0.2) is 0 Å². The Kier molecular flexibility index (Phi) is 4.26. The number of nitrogens with zero attached hydrogens (tertiary/aromatic N) is 1. The average molecular weight is 225 g/mol. The van der Waals surface area contributed by atoms with Crippen molar-refractivity contribution in [2.75, 3.05) is 6.54 Å². The van der Waals surface area contributed by atoms with Crippen LogP contribution in [-0.2, 0) is 0 Å². The first-order valence-electron chi connectivity index (χ1n) is 7.12. The topological polar surface area (TPSA) is 23.5 Å².